The lowest BCUT2D eigenvalue weighted by atomic mass is 9.94. The van der Waals surface area contributed by atoms with E-state index in [0.29, 0.717) is 23.7 Å². The Morgan fingerprint density at radius 1 is 1.00 bits per heavy atom. The molecule has 0 unspecified atom stereocenters. The summed E-state index contributed by atoms with van der Waals surface area (Å²) in [5, 5.41) is 2.99. The van der Waals surface area contributed by atoms with Crippen molar-refractivity contribution in [1.82, 2.24) is 14.4 Å². The van der Waals surface area contributed by atoms with Crippen LogP contribution in [-0.2, 0) is 18.4 Å². The summed E-state index contributed by atoms with van der Waals surface area (Å²) >= 11 is 0. The molecule has 1 aromatic carbocycles. The van der Waals surface area contributed by atoms with E-state index in [2.05, 4.69) is 5.32 Å². The van der Waals surface area contributed by atoms with E-state index in [4.69, 9.17) is 9.47 Å². The molecule has 3 amide bonds. The van der Waals surface area contributed by atoms with E-state index in [-0.39, 0.29) is 30.6 Å². The molecule has 2 aromatic rings. The molecule has 2 fully saturated rings. The van der Waals surface area contributed by atoms with Gasteiger partial charge in [0.2, 0.25) is 5.91 Å². The van der Waals surface area contributed by atoms with Gasteiger partial charge in [-0.2, -0.15) is 0 Å². The first kappa shape index (κ1) is 24.0. The zero-order chi connectivity index (χ0) is 24.1. The average molecular weight is 469 g/mol. The number of nitrogens with zero attached hydrogens (tertiary/aromatic N) is 3. The number of carbonyl (C=O) groups excluding carboxylic acids is 2. The monoisotopic (exact) mass is 468 g/mol. The van der Waals surface area contributed by atoms with Gasteiger partial charge in [-0.25, -0.2) is 4.79 Å². The summed E-state index contributed by atoms with van der Waals surface area (Å²) in [6, 6.07) is 9.38. The minimum Gasteiger partial charge on any atom is -0.497 e. The van der Waals surface area contributed by atoms with Crippen molar-refractivity contribution in [3.8, 4) is 11.5 Å². The lowest BCUT2D eigenvalue weighted by Crippen LogP contribution is -2.50. The molecular formula is C26H36N4O4. The van der Waals surface area contributed by atoms with Crippen molar-refractivity contribution in [2.75, 3.05) is 26.1 Å². The number of aryl methyl sites for hydroxylation is 1. The standard InChI is InChI=1S/C26H36N4O4/c1-28-15-7-10-21(28)17-29(20-11-12-20)25(31)18-30(19-8-5-4-6-9-19)26(32)27-23-14-13-22(33-2)16-24(23)34-3/h7,10,13-16,19-20H,4-6,8-9,11-12,17-18H2,1-3H3,(H,27,32). The van der Waals surface area contributed by atoms with Gasteiger partial charge in [0.1, 0.15) is 18.0 Å². The Kier molecular flexibility index (Phi) is 7.65. The molecule has 8 heteroatoms. The quantitative estimate of drug-likeness (QED) is 0.592. The van der Waals surface area contributed by atoms with E-state index >= 15 is 0 Å². The number of hydrogen-bond donors (Lipinski definition) is 1. The maximum Gasteiger partial charge on any atom is 0.322 e. The number of benzene rings is 1. The largest absolute Gasteiger partial charge is 0.497 e. The van der Waals surface area contributed by atoms with Gasteiger partial charge in [0.05, 0.1) is 26.5 Å². The topological polar surface area (TPSA) is 76.0 Å². The van der Waals surface area contributed by atoms with E-state index in [1.807, 2.05) is 34.8 Å². The van der Waals surface area contributed by atoms with Crippen LogP contribution in [0.3, 0.4) is 0 Å². The van der Waals surface area contributed by atoms with Gasteiger partial charge in [0.15, 0.2) is 0 Å². The van der Waals surface area contributed by atoms with Gasteiger partial charge in [-0.3, -0.25) is 4.79 Å². The number of nitrogens with one attached hydrogen (secondary N) is 1. The highest BCUT2D eigenvalue weighted by molar-refractivity contribution is 5.94. The third-order valence-corrected chi connectivity index (χ3v) is 6.92. The predicted molar refractivity (Wildman–Crippen MR) is 131 cm³/mol. The minimum atomic E-state index is -0.265. The van der Waals surface area contributed by atoms with Gasteiger partial charge < -0.3 is 29.2 Å². The molecule has 0 radical (unpaired) electrons. The number of amides is 3. The summed E-state index contributed by atoms with van der Waals surface area (Å²) in [5.74, 6) is 1.17. The predicted octanol–water partition coefficient (Wildman–Crippen LogP) is 4.40. The molecule has 1 N–H and O–H groups in total. The Bertz CT molecular complexity index is 994. The summed E-state index contributed by atoms with van der Waals surface area (Å²) in [6.07, 6.45) is 9.20. The van der Waals surface area contributed by atoms with E-state index in [0.717, 1.165) is 44.2 Å². The number of methoxy groups -OCH3 is 2. The molecule has 1 aromatic heterocycles. The van der Waals surface area contributed by atoms with Crippen LogP contribution in [0.5, 0.6) is 11.5 Å². The zero-order valence-electron chi connectivity index (χ0n) is 20.5. The summed E-state index contributed by atoms with van der Waals surface area (Å²) in [7, 11) is 5.14. The van der Waals surface area contributed by atoms with Crippen molar-refractivity contribution in [1.29, 1.82) is 0 Å². The van der Waals surface area contributed by atoms with Crippen LogP contribution in [0.25, 0.3) is 0 Å². The number of anilines is 1. The lowest BCUT2D eigenvalue weighted by molar-refractivity contribution is -0.133. The first-order chi connectivity index (χ1) is 16.5. The number of hydrogen-bond acceptors (Lipinski definition) is 4. The molecule has 2 saturated carbocycles. The first-order valence-electron chi connectivity index (χ1n) is 12.2. The molecule has 4 rings (SSSR count). The SMILES string of the molecule is COc1ccc(NC(=O)N(CC(=O)N(Cc2cccn2C)C2CC2)C2CCCCC2)c(OC)c1. The van der Waals surface area contributed by atoms with Crippen LogP contribution in [0.2, 0.25) is 0 Å². The van der Waals surface area contributed by atoms with Crippen LogP contribution < -0.4 is 14.8 Å². The van der Waals surface area contributed by atoms with Crippen LogP contribution >= 0.6 is 0 Å². The second-order valence-electron chi connectivity index (χ2n) is 9.28. The Labute approximate surface area is 201 Å². The smallest absolute Gasteiger partial charge is 0.322 e. The molecular weight excluding hydrogens is 432 g/mol. The van der Waals surface area contributed by atoms with Gasteiger partial charge in [-0.1, -0.05) is 19.3 Å². The summed E-state index contributed by atoms with van der Waals surface area (Å²) in [4.78, 5) is 30.7. The fraction of sp³-hybridized carbons (Fsp3) is 0.538. The fourth-order valence-corrected chi connectivity index (χ4v) is 4.73. The molecule has 0 atom stereocenters. The second kappa shape index (κ2) is 10.8. The Balaban J connectivity index is 1.52. The molecule has 0 bridgehead atoms. The maximum absolute atomic E-state index is 13.5. The third kappa shape index (κ3) is 5.66. The van der Waals surface area contributed by atoms with Crippen molar-refractivity contribution in [3.05, 3.63) is 42.2 Å². The average Bonchev–Trinajstić information content (AvgIpc) is 3.62. The van der Waals surface area contributed by atoms with Crippen molar-refractivity contribution >= 4 is 17.6 Å². The van der Waals surface area contributed by atoms with Crippen molar-refractivity contribution in [2.45, 2.75) is 63.6 Å². The van der Waals surface area contributed by atoms with Crippen LogP contribution in [0.15, 0.2) is 36.5 Å². The molecule has 2 aliphatic carbocycles. The van der Waals surface area contributed by atoms with Gasteiger partial charge in [-0.15, -0.1) is 0 Å². The number of ether oxygens (including phenoxy) is 2. The highest BCUT2D eigenvalue weighted by atomic mass is 16.5. The molecule has 0 spiro atoms. The van der Waals surface area contributed by atoms with Gasteiger partial charge >= 0.3 is 6.03 Å². The number of aromatic nitrogens is 1. The van der Waals surface area contributed by atoms with Crippen LogP contribution in [0.1, 0.15) is 50.6 Å². The summed E-state index contributed by atoms with van der Waals surface area (Å²) in [6.45, 7) is 0.648. The Morgan fingerprint density at radius 2 is 1.74 bits per heavy atom. The molecule has 8 nitrogen and oxygen atoms in total. The lowest BCUT2D eigenvalue weighted by Gasteiger charge is -2.35. The molecule has 184 valence electrons. The van der Waals surface area contributed by atoms with Crippen molar-refractivity contribution in [2.24, 2.45) is 7.05 Å². The second-order valence-corrected chi connectivity index (χ2v) is 9.28. The molecule has 2 aliphatic rings. The highest BCUT2D eigenvalue weighted by Gasteiger charge is 2.36. The van der Waals surface area contributed by atoms with Gasteiger partial charge in [0, 0.05) is 37.1 Å². The van der Waals surface area contributed by atoms with Crippen LogP contribution in [0, 0.1) is 0 Å². The van der Waals surface area contributed by atoms with Gasteiger partial charge in [-0.05, 0) is 49.9 Å². The Morgan fingerprint density at radius 3 is 2.35 bits per heavy atom. The highest BCUT2D eigenvalue weighted by Crippen LogP contribution is 2.32. The summed E-state index contributed by atoms with van der Waals surface area (Å²) in [5.41, 5.74) is 1.65. The molecule has 1 heterocycles. The number of rotatable bonds is 9. The van der Waals surface area contributed by atoms with Crippen molar-refractivity contribution < 1.29 is 19.1 Å². The van der Waals surface area contributed by atoms with Crippen LogP contribution in [0.4, 0.5) is 10.5 Å². The number of urea groups is 1. The maximum atomic E-state index is 13.5. The Hall–Kier alpha value is -3.16. The van der Waals surface area contributed by atoms with Gasteiger partial charge in [0.25, 0.3) is 0 Å². The minimum absolute atomic E-state index is 0.00567. The fourth-order valence-electron chi connectivity index (χ4n) is 4.73. The van der Waals surface area contributed by atoms with Crippen LogP contribution in [-0.4, -0.2) is 59.2 Å². The molecule has 0 aliphatic heterocycles. The zero-order valence-corrected chi connectivity index (χ0v) is 20.5. The third-order valence-electron chi connectivity index (χ3n) is 6.92. The number of carbonyl (C=O) groups is 2. The normalized spacial score (nSPS) is 16.1. The van der Waals surface area contributed by atoms with E-state index in [9.17, 15) is 9.59 Å². The van der Waals surface area contributed by atoms with E-state index in [1.165, 1.54) is 6.42 Å². The van der Waals surface area contributed by atoms with E-state index < -0.39 is 0 Å². The summed E-state index contributed by atoms with van der Waals surface area (Å²) < 4.78 is 12.8. The van der Waals surface area contributed by atoms with E-state index in [1.54, 1.807) is 37.3 Å². The van der Waals surface area contributed by atoms with Crippen molar-refractivity contribution in [3.63, 3.8) is 0 Å². The first-order valence-corrected chi connectivity index (χ1v) is 12.2. The molecule has 34 heavy (non-hydrogen) atoms. The molecule has 0 saturated heterocycles.